The Hall–Kier alpha value is -1.77. The van der Waals surface area contributed by atoms with Crippen molar-refractivity contribution in [2.75, 3.05) is 0 Å². The van der Waals surface area contributed by atoms with Crippen molar-refractivity contribution >= 4 is 0 Å². The Morgan fingerprint density at radius 1 is 1.14 bits per heavy atom. The predicted octanol–water partition coefficient (Wildman–Crippen LogP) is 2.59. The van der Waals surface area contributed by atoms with Crippen molar-refractivity contribution in [3.63, 3.8) is 0 Å². The van der Waals surface area contributed by atoms with Crippen LogP contribution in [0.15, 0.2) is 36.9 Å². The maximum absolute atomic E-state index is 13.4. The summed E-state index contributed by atoms with van der Waals surface area (Å²) in [6.07, 6.45) is 4.63. The van der Waals surface area contributed by atoms with E-state index in [9.17, 15) is 4.39 Å². The van der Waals surface area contributed by atoms with Gasteiger partial charge in [-0.15, -0.1) is 0 Å². The van der Waals surface area contributed by atoms with Crippen LogP contribution in [0.2, 0.25) is 0 Å². The van der Waals surface area contributed by atoms with Crippen LogP contribution in [-0.4, -0.2) is 9.97 Å². The van der Waals surface area contributed by atoms with Crippen molar-refractivity contribution in [2.24, 2.45) is 0 Å². The van der Waals surface area contributed by atoms with E-state index in [1.54, 1.807) is 24.5 Å². The lowest BCUT2D eigenvalue weighted by atomic mass is 10.1. The molecule has 0 unspecified atom stereocenters. The van der Waals surface area contributed by atoms with Crippen LogP contribution >= 0.6 is 0 Å². The maximum Gasteiger partial charge on any atom is 0.131 e. The van der Waals surface area contributed by atoms with Gasteiger partial charge in [0.15, 0.2) is 0 Å². The minimum absolute atomic E-state index is 0.245. The Kier molecular flexibility index (Phi) is 2.23. The molecule has 3 heteroatoms. The highest BCUT2D eigenvalue weighted by atomic mass is 19.1. The molecular formula is C11H9FN2. The molecule has 2 rings (SSSR count). The lowest BCUT2D eigenvalue weighted by molar-refractivity contribution is 0.630. The Morgan fingerprint density at radius 3 is 2.57 bits per heavy atom. The van der Waals surface area contributed by atoms with E-state index < -0.39 is 0 Å². The third-order valence-corrected chi connectivity index (χ3v) is 1.99. The first-order chi connectivity index (χ1) is 6.77. The van der Waals surface area contributed by atoms with Gasteiger partial charge < -0.3 is 0 Å². The standard InChI is InChI=1S/C11H9FN2/c1-8-2-3-11(12)10(4-8)9-5-13-7-14-6-9/h2-7H,1H3. The number of benzene rings is 1. The molecule has 0 bridgehead atoms. The van der Waals surface area contributed by atoms with Gasteiger partial charge in [-0.3, -0.25) is 0 Å². The number of hydrogen-bond donors (Lipinski definition) is 0. The Bertz CT molecular complexity index is 440. The molecule has 2 nitrogen and oxygen atoms in total. The lowest BCUT2D eigenvalue weighted by Gasteiger charge is -2.02. The largest absolute Gasteiger partial charge is 0.244 e. The van der Waals surface area contributed by atoms with E-state index in [2.05, 4.69) is 9.97 Å². The summed E-state index contributed by atoms with van der Waals surface area (Å²) in [4.78, 5) is 7.71. The second-order valence-electron chi connectivity index (χ2n) is 3.11. The van der Waals surface area contributed by atoms with Gasteiger partial charge in [0.05, 0.1) is 0 Å². The predicted molar refractivity (Wildman–Crippen MR) is 52.2 cm³/mol. The van der Waals surface area contributed by atoms with Crippen LogP contribution in [-0.2, 0) is 0 Å². The molecule has 0 spiro atoms. The van der Waals surface area contributed by atoms with E-state index in [1.807, 2.05) is 6.92 Å². The molecule has 1 heterocycles. The van der Waals surface area contributed by atoms with Gasteiger partial charge in [0, 0.05) is 23.5 Å². The Balaban J connectivity index is 2.57. The van der Waals surface area contributed by atoms with Crippen LogP contribution in [0.25, 0.3) is 11.1 Å². The van der Waals surface area contributed by atoms with E-state index in [1.165, 1.54) is 12.4 Å². The van der Waals surface area contributed by atoms with Gasteiger partial charge in [0.25, 0.3) is 0 Å². The molecule has 0 N–H and O–H groups in total. The van der Waals surface area contributed by atoms with Crippen molar-refractivity contribution in [2.45, 2.75) is 6.92 Å². The lowest BCUT2D eigenvalue weighted by Crippen LogP contribution is -1.87. The van der Waals surface area contributed by atoms with Crippen LogP contribution in [0.5, 0.6) is 0 Å². The normalized spacial score (nSPS) is 10.1. The summed E-state index contributed by atoms with van der Waals surface area (Å²) < 4.78 is 13.4. The summed E-state index contributed by atoms with van der Waals surface area (Å²) in [6.45, 7) is 1.92. The van der Waals surface area contributed by atoms with Crippen LogP contribution in [0.3, 0.4) is 0 Å². The summed E-state index contributed by atoms with van der Waals surface area (Å²) in [6, 6.07) is 4.98. The van der Waals surface area contributed by atoms with Gasteiger partial charge in [0.1, 0.15) is 12.1 Å². The minimum Gasteiger partial charge on any atom is -0.244 e. The summed E-state index contributed by atoms with van der Waals surface area (Å²) in [5.74, 6) is -0.245. The maximum atomic E-state index is 13.4. The first kappa shape index (κ1) is 8.81. The molecule has 0 aliphatic carbocycles. The van der Waals surface area contributed by atoms with Crippen molar-refractivity contribution in [1.82, 2.24) is 9.97 Å². The fourth-order valence-electron chi connectivity index (χ4n) is 1.30. The van der Waals surface area contributed by atoms with Gasteiger partial charge in [-0.05, 0) is 19.1 Å². The fourth-order valence-corrected chi connectivity index (χ4v) is 1.30. The van der Waals surface area contributed by atoms with Crippen LogP contribution < -0.4 is 0 Å². The van der Waals surface area contributed by atoms with Gasteiger partial charge in [0.2, 0.25) is 0 Å². The summed E-state index contributed by atoms with van der Waals surface area (Å²) in [5.41, 5.74) is 2.27. The molecule has 0 aliphatic rings. The van der Waals surface area contributed by atoms with Crippen molar-refractivity contribution in [3.8, 4) is 11.1 Å². The molecule has 0 radical (unpaired) electrons. The zero-order valence-electron chi connectivity index (χ0n) is 7.74. The smallest absolute Gasteiger partial charge is 0.131 e. The molecule has 0 saturated carbocycles. The van der Waals surface area contributed by atoms with E-state index >= 15 is 0 Å². The SMILES string of the molecule is Cc1ccc(F)c(-c2cncnc2)c1. The van der Waals surface area contributed by atoms with E-state index in [4.69, 9.17) is 0 Å². The van der Waals surface area contributed by atoms with Crippen LogP contribution in [0, 0.1) is 12.7 Å². The molecular weight excluding hydrogens is 179 g/mol. The molecule has 0 fully saturated rings. The number of halogens is 1. The second-order valence-corrected chi connectivity index (χ2v) is 3.11. The Labute approximate surface area is 81.5 Å². The third kappa shape index (κ3) is 1.62. The summed E-state index contributed by atoms with van der Waals surface area (Å²) >= 11 is 0. The zero-order valence-corrected chi connectivity index (χ0v) is 7.74. The first-order valence-corrected chi connectivity index (χ1v) is 4.29. The van der Waals surface area contributed by atoms with Crippen LogP contribution in [0.4, 0.5) is 4.39 Å². The number of aryl methyl sites for hydroxylation is 1. The van der Waals surface area contributed by atoms with E-state index in [-0.39, 0.29) is 5.82 Å². The first-order valence-electron chi connectivity index (χ1n) is 4.29. The third-order valence-electron chi connectivity index (χ3n) is 1.99. The molecule has 1 aromatic carbocycles. The minimum atomic E-state index is -0.245. The van der Waals surface area contributed by atoms with Gasteiger partial charge in [-0.25, -0.2) is 14.4 Å². The highest BCUT2D eigenvalue weighted by Crippen LogP contribution is 2.21. The molecule has 0 atom stereocenters. The van der Waals surface area contributed by atoms with Crippen molar-refractivity contribution < 1.29 is 4.39 Å². The fraction of sp³-hybridized carbons (Fsp3) is 0.0909. The quantitative estimate of drug-likeness (QED) is 0.687. The zero-order chi connectivity index (χ0) is 9.97. The van der Waals surface area contributed by atoms with Crippen molar-refractivity contribution in [3.05, 3.63) is 48.3 Å². The summed E-state index contributed by atoms with van der Waals surface area (Å²) in [7, 11) is 0. The molecule has 0 aliphatic heterocycles. The van der Waals surface area contributed by atoms with Crippen LogP contribution in [0.1, 0.15) is 5.56 Å². The number of nitrogens with zero attached hydrogens (tertiary/aromatic N) is 2. The number of rotatable bonds is 1. The number of hydrogen-bond acceptors (Lipinski definition) is 2. The highest BCUT2D eigenvalue weighted by molar-refractivity contribution is 5.62. The van der Waals surface area contributed by atoms with Gasteiger partial charge >= 0.3 is 0 Å². The van der Waals surface area contributed by atoms with E-state index in [0.717, 1.165) is 5.56 Å². The molecule has 0 saturated heterocycles. The highest BCUT2D eigenvalue weighted by Gasteiger charge is 2.04. The molecule has 14 heavy (non-hydrogen) atoms. The topological polar surface area (TPSA) is 25.8 Å². The average molecular weight is 188 g/mol. The monoisotopic (exact) mass is 188 g/mol. The molecule has 2 aromatic rings. The molecule has 0 amide bonds. The molecule has 1 aromatic heterocycles. The molecule has 70 valence electrons. The van der Waals surface area contributed by atoms with Gasteiger partial charge in [-0.2, -0.15) is 0 Å². The van der Waals surface area contributed by atoms with Gasteiger partial charge in [-0.1, -0.05) is 11.6 Å². The average Bonchev–Trinajstić information content (AvgIpc) is 2.23. The second kappa shape index (κ2) is 3.54. The number of aromatic nitrogens is 2. The van der Waals surface area contributed by atoms with Crippen molar-refractivity contribution in [1.29, 1.82) is 0 Å². The Morgan fingerprint density at radius 2 is 1.86 bits per heavy atom. The summed E-state index contributed by atoms with van der Waals surface area (Å²) in [5, 5.41) is 0. The van der Waals surface area contributed by atoms with E-state index in [0.29, 0.717) is 11.1 Å².